The summed E-state index contributed by atoms with van der Waals surface area (Å²) in [7, 11) is 0. The first-order chi connectivity index (χ1) is 26.3. The number of anilines is 2. The molecule has 0 saturated carbocycles. The molecule has 3 heteroatoms. The van der Waals surface area contributed by atoms with Crippen molar-refractivity contribution in [2.45, 2.75) is 0 Å². The first-order valence-corrected chi connectivity index (χ1v) is 18.3. The van der Waals surface area contributed by atoms with Crippen LogP contribution < -0.4 is 9.48 Å². The van der Waals surface area contributed by atoms with Crippen LogP contribution in [0.5, 0.6) is 0 Å². The summed E-state index contributed by atoms with van der Waals surface area (Å²) >= 11 is 0. The zero-order chi connectivity index (χ0) is 34.9. The highest BCUT2D eigenvalue weighted by Crippen LogP contribution is 2.39. The van der Waals surface area contributed by atoms with Gasteiger partial charge in [-0.2, -0.15) is 4.58 Å². The largest absolute Gasteiger partial charge is 0.326 e. The van der Waals surface area contributed by atoms with Crippen LogP contribution in [0.4, 0.5) is 22.7 Å². The number of hydrogen-bond donors (Lipinski definition) is 0. The predicted molar refractivity (Wildman–Crippen MR) is 218 cm³/mol. The van der Waals surface area contributed by atoms with Crippen LogP contribution in [-0.4, -0.2) is 17.3 Å². The van der Waals surface area contributed by atoms with Crippen LogP contribution in [-0.2, 0) is 0 Å². The molecule has 1 aliphatic carbocycles. The van der Waals surface area contributed by atoms with Crippen LogP contribution in [0.15, 0.2) is 188 Å². The van der Waals surface area contributed by atoms with E-state index in [2.05, 4.69) is 208 Å². The molecule has 11 rings (SSSR count). The molecule has 53 heavy (non-hydrogen) atoms. The van der Waals surface area contributed by atoms with Crippen LogP contribution >= 0.6 is 0 Å². The summed E-state index contributed by atoms with van der Waals surface area (Å²) in [5.74, 6) is 0. The summed E-state index contributed by atoms with van der Waals surface area (Å²) in [5.41, 5.74) is 8.24. The number of aromatic nitrogens is 1. The lowest BCUT2D eigenvalue weighted by atomic mass is 9.99. The number of hydrogen-bond acceptors (Lipinski definition) is 1. The van der Waals surface area contributed by atoms with Crippen molar-refractivity contribution in [3.63, 3.8) is 0 Å². The summed E-state index contributed by atoms with van der Waals surface area (Å²) in [6.07, 6.45) is 2.31. The van der Waals surface area contributed by atoms with Crippen molar-refractivity contribution in [1.82, 2.24) is 9.14 Å². The molecule has 0 N–H and O–H groups in total. The Kier molecular flexibility index (Phi) is 6.62. The van der Waals surface area contributed by atoms with Gasteiger partial charge < -0.3 is 9.47 Å². The Morgan fingerprint density at radius 3 is 1.51 bits per heavy atom. The standard InChI is InChI=1S/C50H34N3/c1-3-15-34(16-4-1)51-29-30-52(35-17-5-2-6-18-35)50-33-46-44-31-36(53-47-25-13-11-23-42(47)43-24-12-14-26-48(43)53)27-28-41(44)39-21-8-7-19-37(39)38-20-9-10-22-40(38)45(46)32-49(50)51/h1-29,31-33H,30H2/q+1. The summed E-state index contributed by atoms with van der Waals surface area (Å²) in [6.45, 7) is 0.748. The Bertz CT molecular complexity index is 3320. The maximum atomic E-state index is 2.46. The predicted octanol–water partition coefficient (Wildman–Crippen LogP) is 11.3. The SMILES string of the molecule is C1=[N+](c2ccccc2)c2cc3c(cc2N(c2ccccc2)C1)=c1cc(-n2c4ccccc4c4ccccc42)ccc1=c1ccccc1=c1ccccc1=3. The third-order valence-corrected chi connectivity index (χ3v) is 11.1. The Morgan fingerprint density at radius 2 is 0.868 bits per heavy atom. The minimum absolute atomic E-state index is 0.748. The molecular formula is C50H34N3+. The average Bonchev–Trinajstić information content (AvgIpc) is 3.57. The van der Waals surface area contributed by atoms with Gasteiger partial charge in [-0.25, -0.2) is 0 Å². The maximum Gasteiger partial charge on any atom is 0.235 e. The number of rotatable bonds is 3. The van der Waals surface area contributed by atoms with Crippen LogP contribution in [0.3, 0.4) is 0 Å². The van der Waals surface area contributed by atoms with Crippen molar-refractivity contribution in [2.75, 3.05) is 11.4 Å². The zero-order valence-corrected chi connectivity index (χ0v) is 29.0. The molecule has 1 aliphatic heterocycles. The second-order valence-electron chi connectivity index (χ2n) is 13.9. The van der Waals surface area contributed by atoms with E-state index < -0.39 is 0 Å². The van der Waals surface area contributed by atoms with Gasteiger partial charge in [-0.3, -0.25) is 0 Å². The smallest absolute Gasteiger partial charge is 0.235 e. The quantitative estimate of drug-likeness (QED) is 0.170. The third kappa shape index (κ3) is 4.57. The van der Waals surface area contributed by atoms with E-state index in [0.29, 0.717) is 0 Å². The van der Waals surface area contributed by atoms with Crippen LogP contribution in [0.25, 0.3) is 27.5 Å². The van der Waals surface area contributed by atoms with Gasteiger partial charge in [0, 0.05) is 40.3 Å². The van der Waals surface area contributed by atoms with Gasteiger partial charge in [0.25, 0.3) is 0 Å². The molecule has 2 aliphatic rings. The molecule has 0 amide bonds. The molecule has 0 atom stereocenters. The average molecular weight is 677 g/mol. The minimum atomic E-state index is 0.748. The number of benzene rings is 8. The van der Waals surface area contributed by atoms with E-state index in [-0.39, 0.29) is 0 Å². The monoisotopic (exact) mass is 676 g/mol. The molecule has 0 bridgehead atoms. The molecule has 9 aromatic rings. The Morgan fingerprint density at radius 1 is 0.377 bits per heavy atom. The van der Waals surface area contributed by atoms with Gasteiger partial charge in [-0.1, -0.05) is 127 Å². The van der Waals surface area contributed by atoms with Crippen molar-refractivity contribution >= 4 is 50.8 Å². The van der Waals surface area contributed by atoms with Gasteiger partial charge in [0.05, 0.1) is 11.0 Å². The lowest BCUT2D eigenvalue weighted by Crippen LogP contribution is -2.29. The van der Waals surface area contributed by atoms with Gasteiger partial charge in [-0.15, -0.1) is 0 Å². The molecule has 2 heterocycles. The summed E-state index contributed by atoms with van der Waals surface area (Å²) in [6, 6.07) is 68.9. The van der Waals surface area contributed by atoms with Crippen molar-refractivity contribution in [3.8, 4) is 5.69 Å². The van der Waals surface area contributed by atoms with E-state index in [1.54, 1.807) is 0 Å². The number of para-hydroxylation sites is 4. The van der Waals surface area contributed by atoms with Crippen LogP contribution in [0.1, 0.15) is 0 Å². The van der Waals surface area contributed by atoms with Gasteiger partial charge in [0.2, 0.25) is 11.4 Å². The van der Waals surface area contributed by atoms with Gasteiger partial charge >= 0.3 is 0 Å². The molecule has 0 spiro atoms. The van der Waals surface area contributed by atoms with Crippen molar-refractivity contribution in [2.24, 2.45) is 0 Å². The first-order valence-electron chi connectivity index (χ1n) is 18.3. The molecule has 3 nitrogen and oxygen atoms in total. The van der Waals surface area contributed by atoms with Crippen LogP contribution in [0.2, 0.25) is 0 Å². The van der Waals surface area contributed by atoms with Gasteiger partial charge in [0.15, 0.2) is 6.21 Å². The van der Waals surface area contributed by atoms with E-state index in [1.807, 2.05) is 0 Å². The molecule has 0 saturated heterocycles. The summed E-state index contributed by atoms with van der Waals surface area (Å²) in [4.78, 5) is 2.45. The zero-order valence-electron chi connectivity index (χ0n) is 29.0. The normalized spacial score (nSPS) is 12.9. The van der Waals surface area contributed by atoms with Crippen molar-refractivity contribution in [1.29, 1.82) is 0 Å². The summed E-state index contributed by atoms with van der Waals surface area (Å²) < 4.78 is 4.81. The highest BCUT2D eigenvalue weighted by atomic mass is 15.2. The van der Waals surface area contributed by atoms with E-state index in [1.165, 1.54) is 74.9 Å². The lowest BCUT2D eigenvalue weighted by molar-refractivity contribution is 0.994. The Hall–Kier alpha value is -6.97. The molecule has 0 radical (unpaired) electrons. The van der Waals surface area contributed by atoms with E-state index in [9.17, 15) is 0 Å². The van der Waals surface area contributed by atoms with Gasteiger partial charge in [0.1, 0.15) is 12.2 Å². The second-order valence-corrected chi connectivity index (χ2v) is 13.9. The van der Waals surface area contributed by atoms with E-state index in [0.717, 1.165) is 23.6 Å². The minimum Gasteiger partial charge on any atom is -0.326 e. The van der Waals surface area contributed by atoms with E-state index >= 15 is 0 Å². The Labute approximate surface area is 305 Å². The molecule has 0 fully saturated rings. The molecule has 0 unspecified atom stereocenters. The van der Waals surface area contributed by atoms with E-state index in [4.69, 9.17) is 0 Å². The second kappa shape index (κ2) is 11.8. The molecule has 248 valence electrons. The van der Waals surface area contributed by atoms with Crippen LogP contribution in [0, 0.1) is 41.7 Å². The fourth-order valence-corrected chi connectivity index (χ4v) is 8.71. The maximum absolute atomic E-state index is 2.46. The summed E-state index contributed by atoms with van der Waals surface area (Å²) in [5, 5.41) is 12.4. The van der Waals surface area contributed by atoms with Crippen molar-refractivity contribution < 1.29 is 0 Å². The fourth-order valence-electron chi connectivity index (χ4n) is 8.71. The first kappa shape index (κ1) is 29.7. The fraction of sp³-hybridized carbons (Fsp3) is 0.0200. The topological polar surface area (TPSA) is 11.2 Å². The highest BCUT2D eigenvalue weighted by molar-refractivity contribution is 6.09. The number of nitrogens with zero attached hydrogens (tertiary/aromatic N) is 3. The molecular weight excluding hydrogens is 643 g/mol. The molecule has 8 aromatic carbocycles. The lowest BCUT2D eigenvalue weighted by Gasteiger charge is -2.27. The third-order valence-electron chi connectivity index (χ3n) is 11.1. The van der Waals surface area contributed by atoms with Gasteiger partial charge in [-0.05, 0) is 84.2 Å². The molecule has 1 aromatic heterocycles. The van der Waals surface area contributed by atoms with Crippen molar-refractivity contribution in [3.05, 3.63) is 230 Å². The number of fused-ring (bicyclic) bond motifs is 8. The Balaban J connectivity index is 1.38. The highest BCUT2D eigenvalue weighted by Gasteiger charge is 2.28.